The predicted molar refractivity (Wildman–Crippen MR) is 103 cm³/mol. The quantitative estimate of drug-likeness (QED) is 0.678. The monoisotopic (exact) mass is 394 g/mol. The molecule has 0 saturated heterocycles. The van der Waals surface area contributed by atoms with Crippen molar-refractivity contribution < 1.29 is 38.9 Å². The van der Waals surface area contributed by atoms with Gasteiger partial charge in [0.2, 0.25) is 0 Å². The van der Waals surface area contributed by atoms with Crippen molar-refractivity contribution in [1.29, 1.82) is 0 Å². The van der Waals surface area contributed by atoms with Gasteiger partial charge in [-0.3, -0.25) is 19.2 Å². The summed E-state index contributed by atoms with van der Waals surface area (Å²) in [6.45, 7) is 16.1. The maximum Gasteiger partial charge on any atom is 0.308 e. The van der Waals surface area contributed by atoms with E-state index in [9.17, 15) is 19.2 Å². The number of carbonyl (C=O) groups is 4. The van der Waals surface area contributed by atoms with Crippen LogP contribution in [0.25, 0.3) is 0 Å². The lowest BCUT2D eigenvalue weighted by Crippen LogP contribution is -2.10. The molecule has 0 aromatic carbocycles. The summed E-state index contributed by atoms with van der Waals surface area (Å²) in [5.41, 5.74) is 0. The molecule has 8 nitrogen and oxygen atoms in total. The van der Waals surface area contributed by atoms with Gasteiger partial charge in [0.05, 0.1) is 37.4 Å². The van der Waals surface area contributed by atoms with Crippen molar-refractivity contribution in [3.05, 3.63) is 0 Å². The van der Waals surface area contributed by atoms with Gasteiger partial charge in [-0.2, -0.15) is 0 Å². The van der Waals surface area contributed by atoms with Gasteiger partial charge >= 0.3 is 23.9 Å². The van der Waals surface area contributed by atoms with Crippen LogP contribution in [-0.4, -0.2) is 47.8 Å². The number of rotatable bonds is 5. The van der Waals surface area contributed by atoms with Crippen molar-refractivity contribution >= 4 is 23.9 Å². The van der Waals surface area contributed by atoms with Crippen molar-refractivity contribution in [2.45, 2.75) is 62.3 Å². The number of carboxylic acid groups (broad SMARTS) is 2. The third-order valence-electron chi connectivity index (χ3n) is 2.42. The molecular weight excluding hydrogens is 356 g/mol. The van der Waals surface area contributed by atoms with Crippen LogP contribution < -0.4 is 0 Å². The Morgan fingerprint density at radius 2 is 0.926 bits per heavy atom. The van der Waals surface area contributed by atoms with Crippen molar-refractivity contribution in [3.8, 4) is 0 Å². The fourth-order valence-electron chi connectivity index (χ4n) is 0.545. The minimum Gasteiger partial charge on any atom is -0.481 e. The van der Waals surface area contributed by atoms with E-state index in [1.807, 2.05) is 13.8 Å². The lowest BCUT2D eigenvalue weighted by atomic mass is 10.2. The minimum absolute atomic E-state index is 0.00463. The van der Waals surface area contributed by atoms with Crippen LogP contribution in [0, 0.1) is 23.7 Å². The number of aliphatic carboxylic acids is 2. The number of esters is 2. The molecule has 2 N–H and O–H groups in total. The number of hydrogen-bond acceptors (Lipinski definition) is 6. The van der Waals surface area contributed by atoms with Gasteiger partial charge < -0.3 is 19.7 Å². The average molecular weight is 395 g/mol. The molecule has 8 heteroatoms. The summed E-state index contributed by atoms with van der Waals surface area (Å²) in [4.78, 5) is 40.2. The molecule has 0 aromatic heterocycles. The molecule has 0 bridgehead atoms. The second-order valence-corrected chi connectivity index (χ2v) is 6.57. The average Bonchev–Trinajstić information content (AvgIpc) is 2.55. The van der Waals surface area contributed by atoms with Crippen LogP contribution in [0.2, 0.25) is 0 Å². The third-order valence-corrected chi connectivity index (χ3v) is 2.42. The molecule has 0 radical (unpaired) electrons. The second kappa shape index (κ2) is 20.2. The Balaban J connectivity index is -0.000000132. The highest BCUT2D eigenvalue weighted by molar-refractivity contribution is 5.71. The van der Waals surface area contributed by atoms with Gasteiger partial charge in [-0.05, 0) is 6.92 Å². The number of hydrogen-bond donors (Lipinski definition) is 2. The van der Waals surface area contributed by atoms with Gasteiger partial charge in [0.25, 0.3) is 0 Å². The zero-order chi connectivity index (χ0) is 22.7. The van der Waals surface area contributed by atoms with Gasteiger partial charge in [-0.1, -0.05) is 55.4 Å². The number of methoxy groups -OCH3 is 1. The SMILES string of the molecule is CC(C)C(=O)O.CC(C)C(=O)O.CCOC(=O)C(C)C.COC(=O)C(C)C. The largest absolute Gasteiger partial charge is 0.481 e. The zero-order valence-electron chi connectivity index (χ0n) is 18.4. The first-order valence-electron chi connectivity index (χ1n) is 8.85. The molecule has 0 amide bonds. The van der Waals surface area contributed by atoms with E-state index in [0.717, 1.165) is 0 Å². The van der Waals surface area contributed by atoms with Crippen LogP contribution in [0.3, 0.4) is 0 Å². The highest BCUT2D eigenvalue weighted by Gasteiger charge is 2.05. The Hall–Kier alpha value is -2.12. The molecule has 27 heavy (non-hydrogen) atoms. The van der Waals surface area contributed by atoms with Gasteiger partial charge in [0, 0.05) is 0 Å². The maximum atomic E-state index is 10.5. The normalized spacial score (nSPS) is 9.26. The molecule has 0 rings (SSSR count). The highest BCUT2D eigenvalue weighted by Crippen LogP contribution is 1.94. The Bertz CT molecular complexity index is 394. The van der Waals surface area contributed by atoms with Crippen LogP contribution in [0.15, 0.2) is 0 Å². The van der Waals surface area contributed by atoms with E-state index in [1.54, 1.807) is 48.5 Å². The molecule has 0 fully saturated rings. The standard InChI is InChI=1S/C6H12O2.C5H10O2.2C4H8O2/c1-4-8-6(7)5(2)3;1-4(2)5(6)7-3;2*1-3(2)4(5)6/h5H,4H2,1-3H3;4H,1-3H3;2*3H,1-2H3,(H,5,6). The molecular formula is C19H38O8. The summed E-state index contributed by atoms with van der Waals surface area (Å²) >= 11 is 0. The predicted octanol–water partition coefficient (Wildman–Crippen LogP) is 3.47. The molecule has 0 aliphatic carbocycles. The molecule has 0 atom stereocenters. The Morgan fingerprint density at radius 1 is 0.667 bits per heavy atom. The van der Waals surface area contributed by atoms with Crippen LogP contribution in [0.4, 0.5) is 0 Å². The smallest absolute Gasteiger partial charge is 0.308 e. The topological polar surface area (TPSA) is 127 Å². The molecule has 0 aliphatic rings. The van der Waals surface area contributed by atoms with E-state index in [0.29, 0.717) is 6.61 Å². The molecule has 0 aromatic rings. The fourth-order valence-corrected chi connectivity index (χ4v) is 0.545. The van der Waals surface area contributed by atoms with Gasteiger partial charge in [-0.25, -0.2) is 0 Å². The van der Waals surface area contributed by atoms with Crippen molar-refractivity contribution in [2.75, 3.05) is 13.7 Å². The van der Waals surface area contributed by atoms with Gasteiger partial charge in [-0.15, -0.1) is 0 Å². The van der Waals surface area contributed by atoms with E-state index in [1.165, 1.54) is 7.11 Å². The first-order valence-corrected chi connectivity index (χ1v) is 8.85. The zero-order valence-corrected chi connectivity index (χ0v) is 18.4. The minimum atomic E-state index is -0.741. The Morgan fingerprint density at radius 3 is 0.963 bits per heavy atom. The summed E-state index contributed by atoms with van der Waals surface area (Å²) < 4.78 is 9.04. The van der Waals surface area contributed by atoms with Crippen LogP contribution in [-0.2, 0) is 28.7 Å². The maximum absolute atomic E-state index is 10.5. The lowest BCUT2D eigenvalue weighted by Gasteiger charge is -2.01. The first kappa shape index (κ1) is 32.5. The summed E-state index contributed by atoms with van der Waals surface area (Å²) in [5.74, 6) is -2.20. The summed E-state index contributed by atoms with van der Waals surface area (Å²) in [6, 6.07) is 0. The summed E-state index contributed by atoms with van der Waals surface area (Å²) in [6.07, 6.45) is 0. The van der Waals surface area contributed by atoms with E-state index in [4.69, 9.17) is 10.2 Å². The van der Waals surface area contributed by atoms with Crippen LogP contribution in [0.1, 0.15) is 62.3 Å². The first-order chi connectivity index (χ1) is 12.1. The molecule has 0 heterocycles. The number of carbonyl (C=O) groups excluding carboxylic acids is 2. The van der Waals surface area contributed by atoms with Gasteiger partial charge in [0.1, 0.15) is 0 Å². The van der Waals surface area contributed by atoms with Crippen LogP contribution in [0.5, 0.6) is 0 Å². The lowest BCUT2D eigenvalue weighted by molar-refractivity contribution is -0.147. The van der Waals surface area contributed by atoms with E-state index >= 15 is 0 Å². The van der Waals surface area contributed by atoms with E-state index in [-0.39, 0.29) is 35.6 Å². The second-order valence-electron chi connectivity index (χ2n) is 6.57. The molecule has 0 spiro atoms. The van der Waals surface area contributed by atoms with Crippen molar-refractivity contribution in [3.63, 3.8) is 0 Å². The molecule has 162 valence electrons. The summed E-state index contributed by atoms with van der Waals surface area (Å²) in [7, 11) is 1.39. The van der Waals surface area contributed by atoms with E-state index in [2.05, 4.69) is 9.47 Å². The van der Waals surface area contributed by atoms with Crippen LogP contribution >= 0.6 is 0 Å². The molecule has 0 unspecified atom stereocenters. The third kappa shape index (κ3) is 32.1. The van der Waals surface area contributed by atoms with Crippen molar-refractivity contribution in [1.82, 2.24) is 0 Å². The van der Waals surface area contributed by atoms with Crippen molar-refractivity contribution in [2.24, 2.45) is 23.7 Å². The summed E-state index contributed by atoms with van der Waals surface area (Å²) in [5, 5.41) is 16.0. The Labute approximate surface area is 163 Å². The van der Waals surface area contributed by atoms with Gasteiger partial charge in [0.15, 0.2) is 0 Å². The molecule has 0 saturated carbocycles. The molecule has 0 aliphatic heterocycles. The number of ether oxygens (including phenoxy) is 2. The van der Waals surface area contributed by atoms with E-state index < -0.39 is 11.9 Å². The fraction of sp³-hybridized carbons (Fsp3) is 0.789. The highest BCUT2D eigenvalue weighted by atomic mass is 16.5. The Kier molecular flexibility index (Phi) is 24.3. The number of carboxylic acids is 2.